The van der Waals surface area contributed by atoms with Gasteiger partial charge in [0.05, 0.1) is 16.4 Å². The molecule has 19 heavy (non-hydrogen) atoms. The molecule has 0 saturated carbocycles. The summed E-state index contributed by atoms with van der Waals surface area (Å²) in [7, 11) is 1.72. The van der Waals surface area contributed by atoms with Crippen molar-refractivity contribution in [1.29, 1.82) is 0 Å². The zero-order valence-corrected chi connectivity index (χ0v) is 11.3. The molecule has 0 aliphatic rings. The summed E-state index contributed by atoms with van der Waals surface area (Å²) < 4.78 is 26.2. The number of hydrogen-bond acceptors (Lipinski definition) is 2. The first-order chi connectivity index (χ1) is 8.90. The van der Waals surface area contributed by atoms with Crippen LogP contribution < -0.4 is 10.6 Å². The fourth-order valence-corrected chi connectivity index (χ4v) is 2.09. The molecule has 0 unspecified atom stereocenters. The van der Waals surface area contributed by atoms with Crippen molar-refractivity contribution in [3.8, 4) is 0 Å². The number of nitrogens with zero attached hydrogens (tertiary/aromatic N) is 1. The lowest BCUT2D eigenvalue weighted by Crippen LogP contribution is -2.11. The third kappa shape index (κ3) is 2.63. The van der Waals surface area contributed by atoms with Crippen LogP contribution in [-0.2, 0) is 0 Å². The van der Waals surface area contributed by atoms with E-state index >= 15 is 0 Å². The van der Waals surface area contributed by atoms with E-state index in [-0.39, 0.29) is 0 Å². The molecule has 2 nitrogen and oxygen atoms in total. The number of anilines is 3. The van der Waals surface area contributed by atoms with Crippen molar-refractivity contribution < 1.29 is 8.78 Å². The highest BCUT2D eigenvalue weighted by molar-refractivity contribution is 6.36. The normalized spacial score (nSPS) is 10.6. The van der Waals surface area contributed by atoms with Crippen LogP contribution in [0.15, 0.2) is 30.3 Å². The number of nitrogens with two attached hydrogens (primary N) is 1. The van der Waals surface area contributed by atoms with Crippen molar-refractivity contribution in [2.45, 2.75) is 6.92 Å². The first-order valence-corrected chi connectivity index (χ1v) is 6.02. The molecule has 0 spiro atoms. The Hall–Kier alpha value is -1.81. The van der Waals surface area contributed by atoms with E-state index in [1.54, 1.807) is 18.0 Å². The van der Waals surface area contributed by atoms with Crippen LogP contribution >= 0.6 is 11.6 Å². The lowest BCUT2D eigenvalue weighted by atomic mass is 10.1. The van der Waals surface area contributed by atoms with Crippen LogP contribution in [-0.4, -0.2) is 7.05 Å². The quantitative estimate of drug-likeness (QED) is 0.833. The molecule has 0 aliphatic heterocycles. The maximum absolute atomic E-state index is 13.3. The van der Waals surface area contributed by atoms with Crippen molar-refractivity contribution in [3.05, 3.63) is 52.6 Å². The minimum absolute atomic E-state index is 0.387. The fourth-order valence-electron chi connectivity index (χ4n) is 1.85. The van der Waals surface area contributed by atoms with Crippen molar-refractivity contribution in [3.63, 3.8) is 0 Å². The van der Waals surface area contributed by atoms with Crippen LogP contribution in [0, 0.1) is 18.6 Å². The van der Waals surface area contributed by atoms with Crippen LogP contribution in [0.1, 0.15) is 5.56 Å². The van der Waals surface area contributed by atoms with Crippen molar-refractivity contribution >= 4 is 28.7 Å². The zero-order chi connectivity index (χ0) is 14.2. The number of aryl methyl sites for hydroxylation is 1. The van der Waals surface area contributed by atoms with E-state index in [0.717, 1.165) is 17.7 Å². The summed E-state index contributed by atoms with van der Waals surface area (Å²) in [6.45, 7) is 1.88. The molecule has 2 aromatic carbocycles. The largest absolute Gasteiger partial charge is 0.397 e. The minimum Gasteiger partial charge on any atom is -0.397 e. The molecule has 2 rings (SSSR count). The summed E-state index contributed by atoms with van der Waals surface area (Å²) in [6.07, 6.45) is 0. The standard InChI is InChI=1S/C14H13ClF2N2/c1-8-5-12(18)14(15)13(6-8)19(2)9-3-4-10(16)11(17)7-9/h3-7H,18H2,1-2H3. The van der Waals surface area contributed by atoms with Gasteiger partial charge in [0.2, 0.25) is 0 Å². The maximum Gasteiger partial charge on any atom is 0.160 e. The number of benzene rings is 2. The molecule has 0 radical (unpaired) electrons. The summed E-state index contributed by atoms with van der Waals surface area (Å²) in [5.74, 6) is -1.78. The number of hydrogen-bond donors (Lipinski definition) is 1. The maximum atomic E-state index is 13.3. The van der Waals surface area contributed by atoms with Gasteiger partial charge in [0.1, 0.15) is 0 Å². The topological polar surface area (TPSA) is 29.3 Å². The number of nitrogen functional groups attached to an aromatic ring is 1. The Morgan fingerprint density at radius 1 is 1.11 bits per heavy atom. The van der Waals surface area contributed by atoms with E-state index in [2.05, 4.69) is 0 Å². The highest BCUT2D eigenvalue weighted by atomic mass is 35.5. The summed E-state index contributed by atoms with van der Waals surface area (Å²) in [5.41, 5.74) is 8.32. The lowest BCUT2D eigenvalue weighted by molar-refractivity contribution is 0.509. The number of halogens is 3. The first-order valence-electron chi connectivity index (χ1n) is 5.64. The summed E-state index contributed by atoms with van der Waals surface area (Å²) >= 11 is 6.15. The van der Waals surface area contributed by atoms with Gasteiger partial charge in [0, 0.05) is 18.8 Å². The molecule has 0 bridgehead atoms. The van der Waals surface area contributed by atoms with E-state index < -0.39 is 11.6 Å². The predicted molar refractivity (Wildman–Crippen MR) is 75.0 cm³/mol. The van der Waals surface area contributed by atoms with Gasteiger partial charge in [-0.1, -0.05) is 11.6 Å². The van der Waals surface area contributed by atoms with Gasteiger partial charge in [-0.05, 0) is 36.8 Å². The van der Waals surface area contributed by atoms with E-state index in [1.807, 2.05) is 13.0 Å². The third-order valence-electron chi connectivity index (χ3n) is 2.88. The van der Waals surface area contributed by atoms with Gasteiger partial charge in [-0.2, -0.15) is 0 Å². The molecular formula is C14H13ClF2N2. The Morgan fingerprint density at radius 2 is 1.79 bits per heavy atom. The van der Waals surface area contributed by atoms with Crippen LogP contribution in [0.5, 0.6) is 0 Å². The second-order valence-corrected chi connectivity index (χ2v) is 4.72. The highest BCUT2D eigenvalue weighted by Gasteiger charge is 2.13. The molecule has 0 atom stereocenters. The molecule has 5 heteroatoms. The van der Waals surface area contributed by atoms with E-state index in [1.165, 1.54) is 6.07 Å². The van der Waals surface area contributed by atoms with Gasteiger partial charge in [-0.15, -0.1) is 0 Å². The Balaban J connectivity index is 2.49. The van der Waals surface area contributed by atoms with Crippen molar-refractivity contribution in [2.75, 3.05) is 17.7 Å². The minimum atomic E-state index is -0.902. The fraction of sp³-hybridized carbons (Fsp3) is 0.143. The van der Waals surface area contributed by atoms with E-state index in [0.29, 0.717) is 22.1 Å². The van der Waals surface area contributed by atoms with E-state index in [4.69, 9.17) is 17.3 Å². The van der Waals surface area contributed by atoms with Gasteiger partial charge in [0.25, 0.3) is 0 Å². The van der Waals surface area contributed by atoms with Crippen LogP contribution in [0.2, 0.25) is 5.02 Å². The summed E-state index contributed by atoms with van der Waals surface area (Å²) in [5, 5.41) is 0.387. The summed E-state index contributed by atoms with van der Waals surface area (Å²) in [6, 6.07) is 7.26. The summed E-state index contributed by atoms with van der Waals surface area (Å²) in [4.78, 5) is 1.66. The SMILES string of the molecule is Cc1cc(N)c(Cl)c(N(C)c2ccc(F)c(F)c2)c1. The van der Waals surface area contributed by atoms with Crippen LogP contribution in [0.25, 0.3) is 0 Å². The second kappa shape index (κ2) is 5.05. The second-order valence-electron chi connectivity index (χ2n) is 4.34. The van der Waals surface area contributed by atoms with Crippen molar-refractivity contribution in [2.24, 2.45) is 0 Å². The van der Waals surface area contributed by atoms with Gasteiger partial charge in [-0.3, -0.25) is 0 Å². The zero-order valence-electron chi connectivity index (χ0n) is 10.5. The third-order valence-corrected chi connectivity index (χ3v) is 3.29. The van der Waals surface area contributed by atoms with Crippen molar-refractivity contribution in [1.82, 2.24) is 0 Å². The van der Waals surface area contributed by atoms with Gasteiger partial charge in [-0.25, -0.2) is 8.78 Å². The molecular weight excluding hydrogens is 270 g/mol. The molecule has 0 amide bonds. The first kappa shape index (κ1) is 13.6. The van der Waals surface area contributed by atoms with Crippen LogP contribution in [0.3, 0.4) is 0 Å². The van der Waals surface area contributed by atoms with Gasteiger partial charge >= 0.3 is 0 Å². The van der Waals surface area contributed by atoms with Gasteiger partial charge < -0.3 is 10.6 Å². The molecule has 0 fully saturated rings. The predicted octanol–water partition coefficient (Wildman–Crippen LogP) is 4.28. The molecule has 0 aromatic heterocycles. The molecule has 0 saturated heterocycles. The van der Waals surface area contributed by atoms with E-state index in [9.17, 15) is 8.78 Å². The average molecular weight is 283 g/mol. The lowest BCUT2D eigenvalue weighted by Gasteiger charge is -2.22. The van der Waals surface area contributed by atoms with Gasteiger partial charge in [0.15, 0.2) is 11.6 Å². The average Bonchev–Trinajstić information content (AvgIpc) is 2.36. The molecule has 100 valence electrons. The molecule has 0 aliphatic carbocycles. The molecule has 2 N–H and O–H groups in total. The highest BCUT2D eigenvalue weighted by Crippen LogP contribution is 2.35. The number of rotatable bonds is 2. The smallest absolute Gasteiger partial charge is 0.160 e. The molecule has 0 heterocycles. The Kier molecular flexibility index (Phi) is 3.62. The molecule has 2 aromatic rings. The Labute approximate surface area is 115 Å². The Morgan fingerprint density at radius 3 is 2.42 bits per heavy atom. The monoisotopic (exact) mass is 282 g/mol. The Bertz CT molecular complexity index is 629. The van der Waals surface area contributed by atoms with Crippen LogP contribution in [0.4, 0.5) is 25.8 Å².